The van der Waals surface area contributed by atoms with Crippen LogP contribution < -0.4 is 5.32 Å². The third kappa shape index (κ3) is 5.23. The number of alkyl halides is 3. The SMILES string of the molecule is COC(=O)C1CCC(CNC(=O)c2cc(C(F)(F)F)cc3ccn(Cc4cccc5cnccc45)c23)CC1. The van der Waals surface area contributed by atoms with Gasteiger partial charge >= 0.3 is 12.1 Å². The molecule has 1 aliphatic rings. The monoisotopic (exact) mass is 523 g/mol. The number of nitrogens with zero attached hydrogens (tertiary/aromatic N) is 2. The maximum Gasteiger partial charge on any atom is 0.416 e. The molecule has 0 bridgehead atoms. The maximum atomic E-state index is 13.7. The molecular formula is C29H28F3N3O3. The minimum atomic E-state index is -4.58. The molecule has 0 spiro atoms. The van der Waals surface area contributed by atoms with Crippen molar-refractivity contribution < 1.29 is 27.5 Å². The molecule has 1 saturated carbocycles. The smallest absolute Gasteiger partial charge is 0.416 e. The Bertz CT molecular complexity index is 1480. The van der Waals surface area contributed by atoms with Crippen LogP contribution in [0.4, 0.5) is 13.2 Å². The van der Waals surface area contributed by atoms with Gasteiger partial charge in [0.15, 0.2) is 0 Å². The van der Waals surface area contributed by atoms with Crippen molar-refractivity contribution in [3.05, 3.63) is 77.7 Å². The first-order valence-corrected chi connectivity index (χ1v) is 12.6. The van der Waals surface area contributed by atoms with Gasteiger partial charge in [-0.05, 0) is 66.8 Å². The standard InChI is InChI=1S/C29H28F3N3O3/c1-38-28(37)19-7-5-18(6-8-19)15-34-27(36)25-14-23(29(30,31)32)13-20-10-12-35(26(20)25)17-22-4-2-3-21-16-33-11-9-24(21)22/h2-4,9-14,16,18-19H,5-8,15,17H2,1H3,(H,34,36). The van der Waals surface area contributed by atoms with Crippen molar-refractivity contribution in [2.75, 3.05) is 13.7 Å². The maximum absolute atomic E-state index is 13.7. The number of hydrogen-bond acceptors (Lipinski definition) is 4. The van der Waals surface area contributed by atoms with Crippen LogP contribution in [0, 0.1) is 11.8 Å². The van der Waals surface area contributed by atoms with Gasteiger partial charge in [-0.25, -0.2) is 0 Å². The lowest BCUT2D eigenvalue weighted by Crippen LogP contribution is -2.33. The van der Waals surface area contributed by atoms with Gasteiger partial charge in [-0.2, -0.15) is 13.2 Å². The first kappa shape index (κ1) is 25.8. The molecule has 1 amide bonds. The number of esters is 1. The van der Waals surface area contributed by atoms with Crippen molar-refractivity contribution >= 4 is 33.6 Å². The lowest BCUT2D eigenvalue weighted by molar-refractivity contribution is -0.146. The van der Waals surface area contributed by atoms with E-state index >= 15 is 0 Å². The Balaban J connectivity index is 1.43. The fraction of sp³-hybridized carbons (Fsp3) is 0.345. The average Bonchev–Trinajstić information content (AvgIpc) is 3.33. The van der Waals surface area contributed by atoms with Crippen LogP contribution in [0.3, 0.4) is 0 Å². The van der Waals surface area contributed by atoms with Crippen LogP contribution in [0.5, 0.6) is 0 Å². The summed E-state index contributed by atoms with van der Waals surface area (Å²) in [5.74, 6) is -0.749. The second-order valence-corrected chi connectivity index (χ2v) is 9.87. The minimum Gasteiger partial charge on any atom is -0.469 e. The van der Waals surface area contributed by atoms with Crippen LogP contribution in [-0.2, 0) is 22.3 Å². The summed E-state index contributed by atoms with van der Waals surface area (Å²) in [6.45, 7) is 0.718. The lowest BCUT2D eigenvalue weighted by atomic mass is 9.82. The second kappa shape index (κ2) is 10.5. The number of nitrogens with one attached hydrogen (secondary N) is 1. The molecule has 1 N–H and O–H groups in total. The van der Waals surface area contributed by atoms with Crippen LogP contribution >= 0.6 is 0 Å². The van der Waals surface area contributed by atoms with Gasteiger partial charge in [-0.1, -0.05) is 18.2 Å². The van der Waals surface area contributed by atoms with Crippen LogP contribution in [-0.4, -0.2) is 35.1 Å². The Labute approximate surface area is 217 Å². The van der Waals surface area contributed by atoms with Crippen LogP contribution in [0.15, 0.2) is 61.1 Å². The van der Waals surface area contributed by atoms with E-state index in [4.69, 9.17) is 4.74 Å². The molecule has 38 heavy (non-hydrogen) atoms. The number of methoxy groups -OCH3 is 1. The van der Waals surface area contributed by atoms with Gasteiger partial charge in [0.2, 0.25) is 0 Å². The summed E-state index contributed by atoms with van der Waals surface area (Å²) in [5.41, 5.74) is 0.555. The Morgan fingerprint density at radius 1 is 1.08 bits per heavy atom. The quantitative estimate of drug-likeness (QED) is 0.316. The molecule has 2 aromatic heterocycles. The number of ether oxygens (including phenoxy) is 1. The number of pyridine rings is 1. The third-order valence-electron chi connectivity index (χ3n) is 7.48. The molecule has 4 aromatic rings. The van der Waals surface area contributed by atoms with Crippen LogP contribution in [0.2, 0.25) is 0 Å². The van der Waals surface area contributed by atoms with Crippen molar-refractivity contribution in [1.82, 2.24) is 14.9 Å². The van der Waals surface area contributed by atoms with Crippen molar-refractivity contribution in [2.45, 2.75) is 38.4 Å². The second-order valence-electron chi connectivity index (χ2n) is 9.87. The van der Waals surface area contributed by atoms with Crippen LogP contribution in [0.1, 0.15) is 47.2 Å². The van der Waals surface area contributed by atoms with Gasteiger partial charge in [-0.3, -0.25) is 14.6 Å². The number of amides is 1. The molecule has 0 saturated heterocycles. The number of benzene rings is 2. The first-order chi connectivity index (χ1) is 18.2. The van der Waals surface area contributed by atoms with Gasteiger partial charge in [0.1, 0.15) is 0 Å². The van der Waals surface area contributed by atoms with E-state index in [2.05, 4.69) is 10.3 Å². The molecule has 6 nitrogen and oxygen atoms in total. The summed E-state index contributed by atoms with van der Waals surface area (Å²) in [6, 6.07) is 11.4. The van der Waals surface area contributed by atoms with E-state index in [0.29, 0.717) is 36.8 Å². The van der Waals surface area contributed by atoms with Crippen molar-refractivity contribution in [1.29, 1.82) is 0 Å². The molecule has 2 aromatic carbocycles. The largest absolute Gasteiger partial charge is 0.469 e. The van der Waals surface area contributed by atoms with Gasteiger partial charge in [-0.15, -0.1) is 0 Å². The Morgan fingerprint density at radius 2 is 1.87 bits per heavy atom. The summed E-state index contributed by atoms with van der Waals surface area (Å²) in [4.78, 5) is 29.3. The predicted molar refractivity (Wildman–Crippen MR) is 138 cm³/mol. The summed E-state index contributed by atoms with van der Waals surface area (Å²) >= 11 is 0. The number of rotatable bonds is 6. The van der Waals surface area contributed by atoms with Gasteiger partial charge in [0.05, 0.1) is 29.7 Å². The molecule has 5 rings (SSSR count). The zero-order chi connectivity index (χ0) is 26.9. The molecular weight excluding hydrogens is 495 g/mol. The normalized spacial score (nSPS) is 18.0. The van der Waals surface area contributed by atoms with Gasteiger partial charge in [0, 0.05) is 42.5 Å². The number of fused-ring (bicyclic) bond motifs is 2. The highest BCUT2D eigenvalue weighted by atomic mass is 19.4. The Kier molecular flexibility index (Phi) is 7.10. The highest BCUT2D eigenvalue weighted by Crippen LogP contribution is 2.35. The molecule has 2 heterocycles. The van der Waals surface area contributed by atoms with Gasteiger partial charge in [0.25, 0.3) is 5.91 Å². The highest BCUT2D eigenvalue weighted by molar-refractivity contribution is 6.06. The fourth-order valence-electron chi connectivity index (χ4n) is 5.43. The molecule has 9 heteroatoms. The van der Waals surface area contributed by atoms with E-state index in [1.165, 1.54) is 7.11 Å². The summed E-state index contributed by atoms with van der Waals surface area (Å²) in [5, 5.41) is 5.17. The summed E-state index contributed by atoms with van der Waals surface area (Å²) in [7, 11) is 1.37. The zero-order valence-corrected chi connectivity index (χ0v) is 20.9. The number of aromatic nitrogens is 2. The number of carbonyl (C=O) groups is 2. The molecule has 0 unspecified atom stereocenters. The van der Waals surface area contributed by atoms with Crippen molar-refractivity contribution in [3.63, 3.8) is 0 Å². The third-order valence-corrected chi connectivity index (χ3v) is 7.48. The fourth-order valence-corrected chi connectivity index (χ4v) is 5.43. The number of halogens is 3. The zero-order valence-electron chi connectivity index (χ0n) is 20.9. The summed E-state index contributed by atoms with van der Waals surface area (Å²) in [6.07, 6.45) is 3.42. The molecule has 198 valence electrons. The Hall–Kier alpha value is -3.88. The molecule has 0 atom stereocenters. The van der Waals surface area contributed by atoms with E-state index in [-0.39, 0.29) is 23.4 Å². The Morgan fingerprint density at radius 3 is 2.61 bits per heavy atom. The van der Waals surface area contributed by atoms with E-state index in [9.17, 15) is 22.8 Å². The lowest BCUT2D eigenvalue weighted by Gasteiger charge is -2.27. The number of hydrogen-bond donors (Lipinski definition) is 1. The number of carbonyl (C=O) groups excluding carboxylic acids is 2. The van der Waals surface area contributed by atoms with Gasteiger partial charge < -0.3 is 14.6 Å². The first-order valence-electron chi connectivity index (χ1n) is 12.6. The van der Waals surface area contributed by atoms with E-state index in [0.717, 1.165) is 41.3 Å². The molecule has 0 aliphatic heterocycles. The minimum absolute atomic E-state index is 0.00928. The van der Waals surface area contributed by atoms with E-state index < -0.39 is 17.6 Å². The van der Waals surface area contributed by atoms with E-state index in [1.54, 1.807) is 24.7 Å². The van der Waals surface area contributed by atoms with Crippen LogP contribution in [0.25, 0.3) is 21.7 Å². The highest BCUT2D eigenvalue weighted by Gasteiger charge is 2.33. The van der Waals surface area contributed by atoms with Crippen molar-refractivity contribution in [3.8, 4) is 0 Å². The summed E-state index contributed by atoms with van der Waals surface area (Å²) < 4.78 is 47.8. The molecule has 0 radical (unpaired) electrons. The predicted octanol–water partition coefficient (Wildman–Crippen LogP) is 5.97. The molecule has 1 aliphatic carbocycles. The average molecular weight is 524 g/mol. The topological polar surface area (TPSA) is 73.2 Å². The van der Waals surface area contributed by atoms with Crippen molar-refractivity contribution in [2.24, 2.45) is 11.8 Å². The molecule has 1 fully saturated rings. The van der Waals surface area contributed by atoms with E-state index in [1.807, 2.05) is 28.8 Å².